The van der Waals surface area contributed by atoms with Crippen molar-refractivity contribution < 1.29 is 23.9 Å². The highest BCUT2D eigenvalue weighted by Crippen LogP contribution is 2.38. The van der Waals surface area contributed by atoms with Crippen molar-refractivity contribution in [3.05, 3.63) is 71.4 Å². The first-order valence-electron chi connectivity index (χ1n) is 11.7. The van der Waals surface area contributed by atoms with E-state index in [-0.39, 0.29) is 31.4 Å². The van der Waals surface area contributed by atoms with E-state index in [1.54, 1.807) is 13.8 Å². The Bertz CT molecular complexity index is 1080. The molecule has 186 valence electrons. The van der Waals surface area contributed by atoms with Crippen LogP contribution in [0.2, 0.25) is 0 Å². The van der Waals surface area contributed by atoms with E-state index >= 15 is 0 Å². The van der Waals surface area contributed by atoms with Gasteiger partial charge >= 0.3 is 5.97 Å². The van der Waals surface area contributed by atoms with E-state index in [4.69, 9.17) is 9.47 Å². The number of rotatable bonds is 10. The number of nitrogens with zero attached hydrogens (tertiary/aromatic N) is 2. The average molecular weight is 480 g/mol. The lowest BCUT2D eigenvalue weighted by Crippen LogP contribution is -2.45. The summed E-state index contributed by atoms with van der Waals surface area (Å²) in [6.45, 7) is 4.64. The molecule has 1 aliphatic rings. The number of esters is 1. The monoisotopic (exact) mass is 479 g/mol. The van der Waals surface area contributed by atoms with E-state index in [0.717, 1.165) is 5.56 Å². The maximum Gasteiger partial charge on any atom is 0.336 e. The van der Waals surface area contributed by atoms with E-state index in [9.17, 15) is 14.4 Å². The lowest BCUT2D eigenvalue weighted by molar-refractivity contribution is -0.141. The summed E-state index contributed by atoms with van der Waals surface area (Å²) in [6.07, 6.45) is 0.0469. The van der Waals surface area contributed by atoms with Crippen LogP contribution in [0.4, 0.5) is 0 Å². The summed E-state index contributed by atoms with van der Waals surface area (Å²) >= 11 is 0. The summed E-state index contributed by atoms with van der Waals surface area (Å²) in [5, 5.41) is 2.82. The minimum absolute atomic E-state index is 0.0469. The molecule has 2 aromatic rings. The molecule has 1 heterocycles. The van der Waals surface area contributed by atoms with Crippen LogP contribution in [0.5, 0.6) is 11.5 Å². The zero-order valence-electron chi connectivity index (χ0n) is 20.7. The van der Waals surface area contributed by atoms with Gasteiger partial charge in [-0.1, -0.05) is 30.3 Å². The number of amides is 2. The molecule has 35 heavy (non-hydrogen) atoms. The summed E-state index contributed by atoms with van der Waals surface area (Å²) in [4.78, 5) is 41.9. The number of nitrogens with one attached hydrogen (secondary N) is 1. The van der Waals surface area contributed by atoms with Crippen LogP contribution in [-0.4, -0.2) is 67.9 Å². The van der Waals surface area contributed by atoms with Crippen LogP contribution in [-0.2, 0) is 19.1 Å². The maximum atomic E-state index is 13.1. The molecule has 8 nitrogen and oxygen atoms in total. The fourth-order valence-electron chi connectivity index (χ4n) is 4.00. The summed E-state index contributed by atoms with van der Waals surface area (Å²) in [5.74, 6) is -0.209. The third-order valence-corrected chi connectivity index (χ3v) is 5.74. The highest BCUT2D eigenvalue weighted by molar-refractivity contribution is 5.97. The van der Waals surface area contributed by atoms with Crippen molar-refractivity contribution in [2.24, 2.45) is 0 Å². The Morgan fingerprint density at radius 3 is 2.49 bits per heavy atom. The maximum absolute atomic E-state index is 13.1. The number of carbonyl (C=O) groups excluding carboxylic acids is 3. The molecule has 2 aromatic carbocycles. The molecule has 3 rings (SSSR count). The number of para-hydroxylation sites is 1. The predicted octanol–water partition coefficient (Wildman–Crippen LogP) is 3.31. The van der Waals surface area contributed by atoms with Gasteiger partial charge < -0.3 is 24.6 Å². The van der Waals surface area contributed by atoms with Gasteiger partial charge in [0.15, 0.2) is 0 Å². The Morgan fingerprint density at radius 1 is 1.09 bits per heavy atom. The minimum Gasteiger partial charge on any atom is -0.463 e. The standard InChI is InChI=1S/C27H33N3O5/c1-5-34-27(33)26-19(2)30(18-24(31)28-14-15-29(3)4)25(32)17-23(26)20-10-9-13-22(16-20)35-21-11-7-6-8-12-21/h6-13,16,23H,5,14-15,17-18H2,1-4H3,(H,28,31). The van der Waals surface area contributed by atoms with E-state index in [1.807, 2.05) is 73.6 Å². The lowest BCUT2D eigenvalue weighted by atomic mass is 9.83. The third kappa shape index (κ3) is 6.93. The SMILES string of the molecule is CCOC(=O)C1=C(C)N(CC(=O)NCCN(C)C)C(=O)CC1c1cccc(Oc2ccccc2)c1. The number of ether oxygens (including phenoxy) is 2. The van der Waals surface area contributed by atoms with E-state index in [2.05, 4.69) is 5.32 Å². The zero-order chi connectivity index (χ0) is 25.4. The zero-order valence-corrected chi connectivity index (χ0v) is 20.7. The molecule has 1 N–H and O–H groups in total. The molecule has 1 atom stereocenters. The van der Waals surface area contributed by atoms with Crippen molar-refractivity contribution in [1.82, 2.24) is 15.1 Å². The number of hydrogen-bond donors (Lipinski definition) is 1. The number of carbonyl (C=O) groups is 3. The number of allylic oxidation sites excluding steroid dienone is 1. The van der Waals surface area contributed by atoms with Crippen LogP contribution in [0.15, 0.2) is 65.9 Å². The first-order valence-corrected chi connectivity index (χ1v) is 11.7. The molecular weight excluding hydrogens is 446 g/mol. The second-order valence-electron chi connectivity index (χ2n) is 8.60. The highest BCUT2D eigenvalue weighted by Gasteiger charge is 2.37. The van der Waals surface area contributed by atoms with Crippen LogP contribution in [0.3, 0.4) is 0 Å². The number of likely N-dealkylation sites (N-methyl/N-ethyl adjacent to an activating group) is 1. The van der Waals surface area contributed by atoms with Gasteiger partial charge in [-0.05, 0) is 57.8 Å². The van der Waals surface area contributed by atoms with Crippen molar-refractivity contribution in [2.75, 3.05) is 40.3 Å². The minimum atomic E-state index is -0.506. The quantitative estimate of drug-likeness (QED) is 0.526. The van der Waals surface area contributed by atoms with Gasteiger partial charge in [0.25, 0.3) is 0 Å². The molecule has 0 radical (unpaired) electrons. The largest absolute Gasteiger partial charge is 0.463 e. The second kappa shape index (κ2) is 12.2. The Kier molecular flexibility index (Phi) is 9.03. The lowest BCUT2D eigenvalue weighted by Gasteiger charge is -2.34. The summed E-state index contributed by atoms with van der Waals surface area (Å²) < 4.78 is 11.3. The Morgan fingerprint density at radius 2 is 1.80 bits per heavy atom. The molecule has 0 spiro atoms. The third-order valence-electron chi connectivity index (χ3n) is 5.74. The summed E-state index contributed by atoms with van der Waals surface area (Å²) in [6, 6.07) is 16.7. The Balaban J connectivity index is 1.88. The summed E-state index contributed by atoms with van der Waals surface area (Å²) in [7, 11) is 3.83. The molecule has 8 heteroatoms. The van der Waals surface area contributed by atoms with Crippen LogP contribution in [0.1, 0.15) is 31.7 Å². The van der Waals surface area contributed by atoms with E-state index in [0.29, 0.717) is 35.9 Å². The van der Waals surface area contributed by atoms with Gasteiger partial charge in [0.05, 0.1) is 12.2 Å². The first-order chi connectivity index (χ1) is 16.8. The Labute approximate surface area is 206 Å². The Hall–Kier alpha value is -3.65. The average Bonchev–Trinajstić information content (AvgIpc) is 2.82. The van der Waals surface area contributed by atoms with Crippen molar-refractivity contribution in [3.8, 4) is 11.5 Å². The van der Waals surface area contributed by atoms with Gasteiger partial charge in [-0.25, -0.2) is 4.79 Å². The summed E-state index contributed by atoms with van der Waals surface area (Å²) in [5.41, 5.74) is 1.58. The molecule has 0 saturated heterocycles. The fraction of sp³-hybridized carbons (Fsp3) is 0.370. The molecule has 0 aromatic heterocycles. The van der Waals surface area contributed by atoms with Gasteiger partial charge in [0.2, 0.25) is 11.8 Å². The molecule has 2 amide bonds. The molecule has 0 bridgehead atoms. The van der Waals surface area contributed by atoms with E-state index in [1.165, 1.54) is 4.90 Å². The number of benzene rings is 2. The predicted molar refractivity (Wildman–Crippen MR) is 133 cm³/mol. The molecule has 0 fully saturated rings. The smallest absolute Gasteiger partial charge is 0.336 e. The molecule has 1 aliphatic heterocycles. The van der Waals surface area contributed by atoms with Gasteiger partial charge in [-0.15, -0.1) is 0 Å². The first kappa shape index (κ1) is 26.0. The topological polar surface area (TPSA) is 88.2 Å². The molecular formula is C27H33N3O5. The highest BCUT2D eigenvalue weighted by atomic mass is 16.5. The van der Waals surface area contributed by atoms with Gasteiger partial charge in [0, 0.05) is 31.1 Å². The van der Waals surface area contributed by atoms with E-state index < -0.39 is 11.9 Å². The van der Waals surface area contributed by atoms with Crippen molar-refractivity contribution >= 4 is 17.8 Å². The fourth-order valence-corrected chi connectivity index (χ4v) is 4.00. The van der Waals surface area contributed by atoms with Gasteiger partial charge in [0.1, 0.15) is 18.0 Å². The van der Waals surface area contributed by atoms with Crippen LogP contribution in [0, 0.1) is 0 Å². The number of hydrogen-bond acceptors (Lipinski definition) is 6. The van der Waals surface area contributed by atoms with Crippen molar-refractivity contribution in [1.29, 1.82) is 0 Å². The molecule has 1 unspecified atom stereocenters. The molecule has 0 saturated carbocycles. The van der Waals surface area contributed by atoms with Gasteiger partial charge in [-0.2, -0.15) is 0 Å². The second-order valence-corrected chi connectivity index (χ2v) is 8.60. The molecule has 0 aliphatic carbocycles. The van der Waals surface area contributed by atoms with Crippen LogP contribution < -0.4 is 10.1 Å². The van der Waals surface area contributed by atoms with Gasteiger partial charge in [-0.3, -0.25) is 9.59 Å². The van der Waals surface area contributed by atoms with Crippen molar-refractivity contribution in [2.45, 2.75) is 26.2 Å². The van der Waals surface area contributed by atoms with Crippen molar-refractivity contribution in [3.63, 3.8) is 0 Å². The van der Waals surface area contributed by atoms with Crippen LogP contribution in [0.25, 0.3) is 0 Å². The van der Waals surface area contributed by atoms with Crippen LogP contribution >= 0.6 is 0 Å². The normalized spacial score (nSPS) is 15.9.